The summed E-state index contributed by atoms with van der Waals surface area (Å²) in [5, 5.41) is 2.58. The summed E-state index contributed by atoms with van der Waals surface area (Å²) in [6.07, 6.45) is 1.25. The smallest absolute Gasteiger partial charge is 0.0158 e. The van der Waals surface area contributed by atoms with Crippen LogP contribution in [0.25, 0.3) is 33.0 Å². The first kappa shape index (κ1) is 18.5. The lowest BCUT2D eigenvalue weighted by Gasteiger charge is -2.21. The fourth-order valence-corrected chi connectivity index (χ4v) is 4.27. The third-order valence-corrected chi connectivity index (χ3v) is 5.67. The molecular formula is C28H28. The highest BCUT2D eigenvalue weighted by Gasteiger charge is 2.34. The topological polar surface area (TPSA) is 0 Å². The first-order chi connectivity index (χ1) is 13.6. The van der Waals surface area contributed by atoms with Gasteiger partial charge in [-0.3, -0.25) is 0 Å². The Morgan fingerprint density at radius 2 is 1.14 bits per heavy atom. The van der Waals surface area contributed by atoms with Gasteiger partial charge in [-0.15, -0.1) is 0 Å². The van der Waals surface area contributed by atoms with Crippen LogP contribution >= 0.6 is 0 Å². The van der Waals surface area contributed by atoms with Crippen LogP contribution < -0.4 is 0 Å². The Bertz CT molecular complexity index is 1130. The molecule has 0 radical (unpaired) electrons. The van der Waals surface area contributed by atoms with E-state index in [9.17, 15) is 0 Å². The highest BCUT2D eigenvalue weighted by Crippen LogP contribution is 2.49. The second kappa shape index (κ2) is 7.28. The largest absolute Gasteiger partial charge is 0.0656 e. The lowest BCUT2D eigenvalue weighted by atomic mass is 9.82. The zero-order valence-corrected chi connectivity index (χ0v) is 17.3. The zero-order chi connectivity index (χ0) is 19.7. The highest BCUT2D eigenvalue weighted by molar-refractivity contribution is 5.89. The molecule has 0 atom stereocenters. The molecule has 0 spiro atoms. The molecule has 1 aliphatic rings. The van der Waals surface area contributed by atoms with E-state index in [0.717, 1.165) is 0 Å². The second-order valence-electron chi connectivity index (χ2n) is 8.20. The van der Waals surface area contributed by atoms with Crippen molar-refractivity contribution < 1.29 is 0 Å². The number of rotatable bonds is 1. The van der Waals surface area contributed by atoms with Gasteiger partial charge in [0.15, 0.2) is 0 Å². The van der Waals surface area contributed by atoms with Crippen molar-refractivity contribution in [2.24, 2.45) is 0 Å². The molecule has 0 nitrogen and oxygen atoms in total. The summed E-state index contributed by atoms with van der Waals surface area (Å²) in [6.45, 7) is 8.90. The lowest BCUT2D eigenvalue weighted by molar-refractivity contribution is 0.660. The van der Waals surface area contributed by atoms with Gasteiger partial charge in [0.1, 0.15) is 0 Å². The molecule has 4 aromatic carbocycles. The van der Waals surface area contributed by atoms with Crippen LogP contribution in [0.1, 0.15) is 45.2 Å². The van der Waals surface area contributed by atoms with E-state index >= 15 is 0 Å². The summed E-state index contributed by atoms with van der Waals surface area (Å²) in [4.78, 5) is 0. The fourth-order valence-electron chi connectivity index (χ4n) is 4.27. The summed E-state index contributed by atoms with van der Waals surface area (Å²) >= 11 is 0. The van der Waals surface area contributed by atoms with Gasteiger partial charge >= 0.3 is 0 Å². The number of hydrogen-bond donors (Lipinski definition) is 0. The molecule has 0 unspecified atom stereocenters. The average molecular weight is 365 g/mol. The number of benzene rings is 4. The second-order valence-corrected chi connectivity index (χ2v) is 8.20. The van der Waals surface area contributed by atoms with E-state index in [0.29, 0.717) is 0 Å². The first-order valence-corrected chi connectivity index (χ1v) is 10.3. The van der Waals surface area contributed by atoms with Gasteiger partial charge in [-0.25, -0.2) is 0 Å². The molecule has 0 saturated carbocycles. The van der Waals surface area contributed by atoms with Crippen molar-refractivity contribution in [3.63, 3.8) is 0 Å². The van der Waals surface area contributed by atoms with Crippen molar-refractivity contribution in [2.45, 2.75) is 39.5 Å². The average Bonchev–Trinajstić information content (AvgIpc) is 2.95. The number of hydrogen-bond acceptors (Lipinski definition) is 0. The van der Waals surface area contributed by atoms with Gasteiger partial charge in [0.25, 0.3) is 0 Å². The molecule has 28 heavy (non-hydrogen) atoms. The summed E-state index contributed by atoms with van der Waals surface area (Å²) in [5.74, 6) is 0. The van der Waals surface area contributed by atoms with Crippen LogP contribution in [0, 0.1) is 0 Å². The van der Waals surface area contributed by atoms with Crippen molar-refractivity contribution in [1.82, 2.24) is 0 Å². The Labute approximate surface area is 168 Å². The van der Waals surface area contributed by atoms with Crippen molar-refractivity contribution in [2.75, 3.05) is 0 Å². The third-order valence-electron chi connectivity index (χ3n) is 5.67. The van der Waals surface area contributed by atoms with Gasteiger partial charge in [0.05, 0.1) is 0 Å². The lowest BCUT2D eigenvalue weighted by Crippen LogP contribution is -2.14. The SMILES string of the molecule is CC1(C)c2ccccc2-c2cc(-c3ccc4ccccc4c3)ccc21.CCC. The van der Waals surface area contributed by atoms with Crippen LogP contribution in [0.2, 0.25) is 0 Å². The van der Waals surface area contributed by atoms with Gasteiger partial charge in [0.2, 0.25) is 0 Å². The molecule has 0 saturated heterocycles. The summed E-state index contributed by atoms with van der Waals surface area (Å²) in [6, 6.07) is 31.1. The monoisotopic (exact) mass is 364 g/mol. The fraction of sp³-hybridized carbons (Fsp3) is 0.214. The Morgan fingerprint density at radius 3 is 1.93 bits per heavy atom. The molecule has 4 aromatic rings. The molecule has 1 aliphatic carbocycles. The molecule has 0 heterocycles. The Hall–Kier alpha value is -2.86. The minimum Gasteiger partial charge on any atom is -0.0656 e. The van der Waals surface area contributed by atoms with E-state index in [2.05, 4.69) is 113 Å². The van der Waals surface area contributed by atoms with Gasteiger partial charge in [-0.05, 0) is 56.3 Å². The molecule has 0 amide bonds. The predicted octanol–water partition coefficient (Wildman–Crippen LogP) is 8.23. The summed E-state index contributed by atoms with van der Waals surface area (Å²) < 4.78 is 0. The molecule has 0 N–H and O–H groups in total. The van der Waals surface area contributed by atoms with Gasteiger partial charge in [0, 0.05) is 5.41 Å². The van der Waals surface area contributed by atoms with Gasteiger partial charge < -0.3 is 0 Å². The van der Waals surface area contributed by atoms with E-state index < -0.39 is 0 Å². The zero-order valence-electron chi connectivity index (χ0n) is 17.3. The van der Waals surface area contributed by atoms with Crippen molar-refractivity contribution in [3.05, 3.63) is 96.1 Å². The molecule has 0 bridgehead atoms. The van der Waals surface area contributed by atoms with E-state index in [4.69, 9.17) is 0 Å². The van der Waals surface area contributed by atoms with Crippen LogP contribution in [0.5, 0.6) is 0 Å². The Kier molecular flexibility index (Phi) is 4.81. The Morgan fingerprint density at radius 1 is 0.571 bits per heavy atom. The van der Waals surface area contributed by atoms with E-state index in [1.54, 1.807) is 0 Å². The highest BCUT2D eigenvalue weighted by atomic mass is 14.4. The van der Waals surface area contributed by atoms with Crippen LogP contribution in [0.4, 0.5) is 0 Å². The quantitative estimate of drug-likeness (QED) is 0.319. The van der Waals surface area contributed by atoms with Crippen LogP contribution in [-0.4, -0.2) is 0 Å². The van der Waals surface area contributed by atoms with Gasteiger partial charge in [-0.2, -0.15) is 0 Å². The molecule has 0 aliphatic heterocycles. The minimum atomic E-state index is 0.0772. The summed E-state index contributed by atoms with van der Waals surface area (Å²) in [7, 11) is 0. The predicted molar refractivity (Wildman–Crippen MR) is 123 cm³/mol. The van der Waals surface area contributed by atoms with Crippen LogP contribution in [0.15, 0.2) is 84.9 Å². The van der Waals surface area contributed by atoms with Gasteiger partial charge in [-0.1, -0.05) is 107 Å². The van der Waals surface area contributed by atoms with Crippen molar-refractivity contribution in [3.8, 4) is 22.3 Å². The standard InChI is InChI=1S/C25H20.C3H8/c1-25(2)23-10-6-5-9-21(23)22-16-20(13-14-24(22)25)19-12-11-17-7-3-4-8-18(17)15-19;1-3-2/h3-16H,1-2H3;3H2,1-2H3. The van der Waals surface area contributed by atoms with Crippen LogP contribution in [-0.2, 0) is 5.41 Å². The van der Waals surface area contributed by atoms with Crippen molar-refractivity contribution in [1.29, 1.82) is 0 Å². The normalized spacial score (nSPS) is 13.4. The van der Waals surface area contributed by atoms with Crippen LogP contribution in [0.3, 0.4) is 0 Å². The Balaban J connectivity index is 0.000000604. The molecular weight excluding hydrogens is 336 g/mol. The first-order valence-electron chi connectivity index (χ1n) is 10.3. The maximum atomic E-state index is 2.37. The molecule has 0 fully saturated rings. The molecule has 0 aromatic heterocycles. The maximum Gasteiger partial charge on any atom is 0.0158 e. The minimum absolute atomic E-state index is 0.0772. The van der Waals surface area contributed by atoms with E-state index in [-0.39, 0.29) is 5.41 Å². The molecule has 140 valence electrons. The third kappa shape index (κ3) is 3.03. The maximum absolute atomic E-state index is 2.37. The van der Waals surface area contributed by atoms with E-state index in [1.807, 2.05) is 0 Å². The summed E-state index contributed by atoms with van der Waals surface area (Å²) in [5.41, 5.74) is 8.27. The number of fused-ring (bicyclic) bond motifs is 4. The molecule has 5 rings (SSSR count). The van der Waals surface area contributed by atoms with E-state index in [1.165, 1.54) is 50.6 Å². The van der Waals surface area contributed by atoms with Crippen molar-refractivity contribution >= 4 is 10.8 Å². The molecule has 0 heteroatoms.